The first-order valence-corrected chi connectivity index (χ1v) is 8.51. The predicted molar refractivity (Wildman–Crippen MR) is 81.2 cm³/mol. The van der Waals surface area contributed by atoms with Crippen molar-refractivity contribution in [1.82, 2.24) is 0 Å². The van der Waals surface area contributed by atoms with E-state index in [1.54, 1.807) is 0 Å². The summed E-state index contributed by atoms with van der Waals surface area (Å²) in [6.07, 6.45) is 12.6. The maximum absolute atomic E-state index is 11.9. The van der Waals surface area contributed by atoms with Crippen LogP contribution in [0.3, 0.4) is 0 Å². The summed E-state index contributed by atoms with van der Waals surface area (Å²) in [6.45, 7) is 6.56. The first-order chi connectivity index (χ1) is 9.58. The topological polar surface area (TPSA) is 17.1 Å². The Bertz CT molecular complexity index is 500. The van der Waals surface area contributed by atoms with Gasteiger partial charge in [-0.1, -0.05) is 25.5 Å². The molecule has 20 heavy (non-hydrogen) atoms. The first-order valence-electron chi connectivity index (χ1n) is 8.51. The van der Waals surface area contributed by atoms with E-state index in [1.807, 2.05) is 6.08 Å². The molecule has 1 nitrogen and oxygen atoms in total. The molecule has 0 amide bonds. The van der Waals surface area contributed by atoms with E-state index in [1.165, 1.54) is 50.5 Å². The Balaban J connectivity index is 1.65. The molecule has 0 aliphatic heterocycles. The van der Waals surface area contributed by atoms with Crippen molar-refractivity contribution >= 4 is 5.78 Å². The van der Waals surface area contributed by atoms with Gasteiger partial charge in [0.05, 0.1) is 0 Å². The second-order valence-corrected chi connectivity index (χ2v) is 8.06. The van der Waals surface area contributed by atoms with E-state index < -0.39 is 0 Å². The van der Waals surface area contributed by atoms with Crippen LogP contribution in [-0.4, -0.2) is 5.78 Å². The van der Waals surface area contributed by atoms with Crippen LogP contribution < -0.4 is 0 Å². The van der Waals surface area contributed by atoms with Gasteiger partial charge in [0.2, 0.25) is 0 Å². The normalized spacial score (nSPS) is 47.4. The Kier molecular flexibility index (Phi) is 2.78. The van der Waals surface area contributed by atoms with Crippen LogP contribution >= 0.6 is 0 Å². The number of ketones is 1. The third-order valence-corrected chi connectivity index (χ3v) is 7.16. The van der Waals surface area contributed by atoms with Crippen molar-refractivity contribution in [3.63, 3.8) is 0 Å². The lowest BCUT2D eigenvalue weighted by atomic mass is 9.52. The second kappa shape index (κ2) is 4.32. The van der Waals surface area contributed by atoms with Gasteiger partial charge in [0, 0.05) is 0 Å². The first kappa shape index (κ1) is 12.9. The van der Waals surface area contributed by atoms with Gasteiger partial charge in [-0.25, -0.2) is 0 Å². The smallest absolute Gasteiger partial charge is 0.181 e. The van der Waals surface area contributed by atoms with Crippen LogP contribution in [0.1, 0.15) is 58.3 Å². The molecular weight excluding hydrogens is 244 g/mol. The van der Waals surface area contributed by atoms with Crippen LogP contribution in [0.4, 0.5) is 0 Å². The van der Waals surface area contributed by atoms with Gasteiger partial charge < -0.3 is 0 Å². The molecule has 1 heteroatoms. The standard InChI is InChI=1S/C19H26O/c1-12-10-16-13(11-18(12)20)5-6-15-14(16)7-9-19(2)8-3-4-17(15)19/h11,14-17H,1,3-10H2,2H3/t14-,15+,16-,17-,19-/m0/s1. The van der Waals surface area contributed by atoms with Crippen molar-refractivity contribution in [3.8, 4) is 0 Å². The fourth-order valence-corrected chi connectivity index (χ4v) is 6.12. The summed E-state index contributed by atoms with van der Waals surface area (Å²) in [5, 5.41) is 0. The number of carbonyl (C=O) groups is 1. The van der Waals surface area contributed by atoms with Gasteiger partial charge >= 0.3 is 0 Å². The molecule has 108 valence electrons. The Morgan fingerprint density at radius 3 is 2.90 bits per heavy atom. The van der Waals surface area contributed by atoms with E-state index >= 15 is 0 Å². The molecule has 5 atom stereocenters. The molecule has 0 radical (unpaired) electrons. The molecule has 0 unspecified atom stereocenters. The lowest BCUT2D eigenvalue weighted by molar-refractivity contribution is -0.112. The number of hydrogen-bond donors (Lipinski definition) is 0. The van der Waals surface area contributed by atoms with Gasteiger partial charge in [-0.05, 0) is 85.7 Å². The molecule has 3 saturated carbocycles. The Hall–Kier alpha value is -0.850. The fraction of sp³-hybridized carbons (Fsp3) is 0.737. The third-order valence-electron chi connectivity index (χ3n) is 7.16. The van der Waals surface area contributed by atoms with Crippen molar-refractivity contribution in [3.05, 3.63) is 23.8 Å². The molecule has 4 aliphatic carbocycles. The maximum atomic E-state index is 11.9. The number of fused-ring (bicyclic) bond motifs is 5. The van der Waals surface area contributed by atoms with Crippen molar-refractivity contribution in [2.75, 3.05) is 0 Å². The molecule has 0 spiro atoms. The SMILES string of the molecule is C=C1C[C@H]2C(=CC1=O)CC[C@@H]1[C@@H]2CC[C@]2(C)CCC[C@@H]12. The van der Waals surface area contributed by atoms with Gasteiger partial charge in [0.25, 0.3) is 0 Å². The highest BCUT2D eigenvalue weighted by molar-refractivity contribution is 6.05. The molecule has 3 fully saturated rings. The summed E-state index contributed by atoms with van der Waals surface area (Å²) >= 11 is 0. The summed E-state index contributed by atoms with van der Waals surface area (Å²) in [7, 11) is 0. The molecule has 4 aliphatic rings. The molecule has 0 heterocycles. The zero-order valence-electron chi connectivity index (χ0n) is 12.7. The summed E-state index contributed by atoms with van der Waals surface area (Å²) in [5.41, 5.74) is 2.97. The number of rotatable bonds is 0. The van der Waals surface area contributed by atoms with Gasteiger partial charge in [-0.15, -0.1) is 0 Å². The van der Waals surface area contributed by atoms with E-state index in [-0.39, 0.29) is 5.78 Å². The van der Waals surface area contributed by atoms with Crippen LogP contribution in [0.15, 0.2) is 23.8 Å². The molecule has 0 bridgehead atoms. The van der Waals surface area contributed by atoms with E-state index in [2.05, 4.69) is 13.5 Å². The summed E-state index contributed by atoms with van der Waals surface area (Å²) in [6, 6.07) is 0. The van der Waals surface area contributed by atoms with Crippen LogP contribution in [0.2, 0.25) is 0 Å². The van der Waals surface area contributed by atoms with Crippen LogP contribution in [0, 0.1) is 29.1 Å². The molecule has 0 aromatic heterocycles. The molecule has 0 saturated heterocycles. The Morgan fingerprint density at radius 2 is 2.05 bits per heavy atom. The van der Waals surface area contributed by atoms with E-state index in [0.29, 0.717) is 11.3 Å². The zero-order chi connectivity index (χ0) is 13.9. The average Bonchev–Trinajstić information content (AvgIpc) is 2.82. The highest BCUT2D eigenvalue weighted by Crippen LogP contribution is 2.61. The van der Waals surface area contributed by atoms with Crippen molar-refractivity contribution < 1.29 is 4.79 Å². The van der Waals surface area contributed by atoms with E-state index in [0.717, 1.165) is 29.7 Å². The van der Waals surface area contributed by atoms with Gasteiger partial charge in [-0.2, -0.15) is 0 Å². The highest BCUT2D eigenvalue weighted by Gasteiger charge is 2.52. The number of allylic oxidation sites excluding steroid dienone is 2. The molecular formula is C19H26O. The second-order valence-electron chi connectivity index (χ2n) is 8.06. The molecule has 0 aromatic carbocycles. The molecule has 0 N–H and O–H groups in total. The average molecular weight is 270 g/mol. The van der Waals surface area contributed by atoms with Crippen LogP contribution in [-0.2, 0) is 4.79 Å². The lowest BCUT2D eigenvalue weighted by Gasteiger charge is -2.52. The van der Waals surface area contributed by atoms with Crippen LogP contribution in [0.5, 0.6) is 0 Å². The summed E-state index contributed by atoms with van der Waals surface area (Å²) in [5.74, 6) is 3.60. The maximum Gasteiger partial charge on any atom is 0.181 e. The van der Waals surface area contributed by atoms with Gasteiger partial charge in [-0.3, -0.25) is 4.79 Å². The summed E-state index contributed by atoms with van der Waals surface area (Å²) in [4.78, 5) is 11.9. The predicted octanol–water partition coefficient (Wildman–Crippen LogP) is 4.68. The Labute approximate surface area is 122 Å². The quantitative estimate of drug-likeness (QED) is 0.584. The summed E-state index contributed by atoms with van der Waals surface area (Å²) < 4.78 is 0. The van der Waals surface area contributed by atoms with Gasteiger partial charge in [0.1, 0.15) is 0 Å². The number of hydrogen-bond acceptors (Lipinski definition) is 1. The van der Waals surface area contributed by atoms with Crippen molar-refractivity contribution in [2.45, 2.75) is 58.3 Å². The fourth-order valence-electron chi connectivity index (χ4n) is 6.12. The molecule has 4 rings (SSSR count). The van der Waals surface area contributed by atoms with Gasteiger partial charge in [0.15, 0.2) is 5.78 Å². The largest absolute Gasteiger partial charge is 0.290 e. The Morgan fingerprint density at radius 1 is 1.20 bits per heavy atom. The van der Waals surface area contributed by atoms with Crippen molar-refractivity contribution in [2.24, 2.45) is 29.1 Å². The minimum atomic E-state index is 0.205. The van der Waals surface area contributed by atoms with Crippen molar-refractivity contribution in [1.29, 1.82) is 0 Å². The highest BCUT2D eigenvalue weighted by atomic mass is 16.1. The van der Waals surface area contributed by atoms with Crippen LogP contribution in [0.25, 0.3) is 0 Å². The lowest BCUT2D eigenvalue weighted by Crippen LogP contribution is -2.44. The van der Waals surface area contributed by atoms with E-state index in [9.17, 15) is 4.79 Å². The third kappa shape index (κ3) is 1.71. The monoisotopic (exact) mass is 270 g/mol. The number of carbonyl (C=O) groups excluding carboxylic acids is 1. The molecule has 0 aromatic rings. The van der Waals surface area contributed by atoms with E-state index in [4.69, 9.17) is 0 Å². The zero-order valence-corrected chi connectivity index (χ0v) is 12.7. The minimum Gasteiger partial charge on any atom is -0.290 e. The minimum absolute atomic E-state index is 0.205.